The molecule has 3 atom stereocenters. The second-order valence-electron chi connectivity index (χ2n) is 13.0. The normalized spacial score (nSPS) is 14.7. The van der Waals surface area contributed by atoms with Gasteiger partial charge < -0.3 is 25.2 Å². The van der Waals surface area contributed by atoms with Gasteiger partial charge in [0.15, 0.2) is 6.10 Å². The molecule has 0 aliphatic carbocycles. The molecule has 55 heavy (non-hydrogen) atoms. The number of esters is 2. The number of carbonyl (C=O) groups is 3. The molecule has 0 saturated carbocycles. The lowest BCUT2D eigenvalue weighted by atomic mass is 10.1. The molecular weight excluding hydrogens is 721 g/mol. The van der Waals surface area contributed by atoms with Crippen molar-refractivity contribution in [1.82, 2.24) is 0 Å². The van der Waals surface area contributed by atoms with E-state index in [0.717, 1.165) is 70.6 Å². The smallest absolute Gasteiger partial charge is 0.472 e. The van der Waals surface area contributed by atoms with E-state index in [1.807, 2.05) is 18.2 Å². The Balaban J connectivity index is 4.57. The summed E-state index contributed by atoms with van der Waals surface area (Å²) in [5.41, 5.74) is 5.31. The number of hydrogen-bond acceptors (Lipinski definition) is 9. The number of ether oxygens (including phenoxy) is 2. The maximum atomic E-state index is 12.6. The Hall–Kier alpha value is -3.34. The predicted molar refractivity (Wildman–Crippen MR) is 221 cm³/mol. The third-order valence-corrected chi connectivity index (χ3v) is 8.84. The summed E-state index contributed by atoms with van der Waals surface area (Å²) < 4.78 is 32.5. The van der Waals surface area contributed by atoms with E-state index < -0.39 is 51.1 Å². The molecule has 0 aromatic carbocycles. The summed E-state index contributed by atoms with van der Waals surface area (Å²) >= 11 is 0. The first kappa shape index (κ1) is 51.7. The zero-order valence-electron chi connectivity index (χ0n) is 33.5. The number of carboxylic acid groups (broad SMARTS) is 1. The van der Waals surface area contributed by atoms with Crippen LogP contribution in [-0.4, -0.2) is 59.9 Å². The van der Waals surface area contributed by atoms with Gasteiger partial charge in [0.25, 0.3) is 0 Å². The summed E-state index contributed by atoms with van der Waals surface area (Å²) in [5.74, 6) is -2.51. The molecule has 0 rings (SSSR count). The second kappa shape index (κ2) is 37.6. The van der Waals surface area contributed by atoms with Crippen LogP contribution in [0.2, 0.25) is 0 Å². The van der Waals surface area contributed by atoms with E-state index in [2.05, 4.69) is 85.2 Å². The van der Waals surface area contributed by atoms with Gasteiger partial charge in [-0.15, -0.1) is 0 Å². The Morgan fingerprint density at radius 1 is 0.582 bits per heavy atom. The molecule has 0 aliphatic heterocycles. The van der Waals surface area contributed by atoms with Gasteiger partial charge in [-0.3, -0.25) is 23.4 Å². The van der Waals surface area contributed by atoms with Gasteiger partial charge in [-0.2, -0.15) is 0 Å². The summed E-state index contributed by atoms with van der Waals surface area (Å²) in [6.45, 7) is 2.55. The van der Waals surface area contributed by atoms with E-state index >= 15 is 0 Å². The first-order valence-corrected chi connectivity index (χ1v) is 21.6. The second-order valence-corrected chi connectivity index (χ2v) is 14.5. The Labute approximate surface area is 331 Å². The molecule has 4 N–H and O–H groups in total. The monoisotopic (exact) mass is 791 g/mol. The summed E-state index contributed by atoms with van der Waals surface area (Å²) in [7, 11) is -4.74. The third-order valence-electron chi connectivity index (χ3n) is 7.89. The number of rotatable bonds is 36. The van der Waals surface area contributed by atoms with E-state index in [1.54, 1.807) is 0 Å². The van der Waals surface area contributed by atoms with Crippen LogP contribution in [0.5, 0.6) is 0 Å². The summed E-state index contributed by atoms with van der Waals surface area (Å²) in [6.07, 6.45) is 45.3. The molecule has 0 saturated heterocycles. The van der Waals surface area contributed by atoms with Crippen molar-refractivity contribution in [1.29, 1.82) is 0 Å². The van der Waals surface area contributed by atoms with Gasteiger partial charge >= 0.3 is 25.7 Å². The fourth-order valence-electron chi connectivity index (χ4n) is 4.73. The first-order valence-electron chi connectivity index (χ1n) is 20.1. The van der Waals surface area contributed by atoms with Crippen LogP contribution in [0.3, 0.4) is 0 Å². The van der Waals surface area contributed by atoms with Crippen molar-refractivity contribution in [3.8, 4) is 0 Å². The highest BCUT2D eigenvalue weighted by Gasteiger charge is 2.28. The highest BCUT2D eigenvalue weighted by molar-refractivity contribution is 7.47. The summed E-state index contributed by atoms with van der Waals surface area (Å²) in [4.78, 5) is 45.8. The van der Waals surface area contributed by atoms with Crippen molar-refractivity contribution < 1.29 is 47.5 Å². The number of carbonyl (C=O) groups excluding carboxylic acids is 2. The lowest BCUT2D eigenvalue weighted by molar-refractivity contribution is -0.161. The topological polar surface area (TPSA) is 172 Å². The molecule has 0 fully saturated rings. The first-order chi connectivity index (χ1) is 26.6. The molecule has 0 heterocycles. The van der Waals surface area contributed by atoms with Crippen LogP contribution in [0, 0.1) is 0 Å². The highest BCUT2D eigenvalue weighted by Crippen LogP contribution is 2.43. The fourth-order valence-corrected chi connectivity index (χ4v) is 5.51. The Bertz CT molecular complexity index is 1250. The maximum absolute atomic E-state index is 12.6. The number of carboxylic acids is 1. The quantitative estimate of drug-likeness (QED) is 0.0239. The molecule has 0 aromatic rings. The van der Waals surface area contributed by atoms with E-state index in [1.165, 1.54) is 19.3 Å². The van der Waals surface area contributed by atoms with E-state index in [-0.39, 0.29) is 19.4 Å². The molecule has 12 heteroatoms. The minimum atomic E-state index is -4.74. The van der Waals surface area contributed by atoms with Gasteiger partial charge in [0.1, 0.15) is 12.6 Å². The van der Waals surface area contributed by atoms with Gasteiger partial charge in [-0.25, -0.2) is 4.57 Å². The van der Waals surface area contributed by atoms with E-state index in [4.69, 9.17) is 24.8 Å². The molecule has 0 aliphatic rings. The van der Waals surface area contributed by atoms with Crippen molar-refractivity contribution in [3.05, 3.63) is 85.1 Å². The Morgan fingerprint density at radius 2 is 1.05 bits per heavy atom. The van der Waals surface area contributed by atoms with Crippen LogP contribution < -0.4 is 5.73 Å². The molecule has 312 valence electrons. The van der Waals surface area contributed by atoms with Crippen LogP contribution in [0.15, 0.2) is 85.1 Å². The minimum absolute atomic E-state index is 0.0298. The molecule has 0 radical (unpaired) electrons. The van der Waals surface area contributed by atoms with E-state index in [9.17, 15) is 23.8 Å². The molecule has 0 spiro atoms. The average molecular weight is 792 g/mol. The lowest BCUT2D eigenvalue weighted by Gasteiger charge is -2.20. The fraction of sp³-hybridized carbons (Fsp3) is 0.605. The predicted octanol–water partition coefficient (Wildman–Crippen LogP) is 10.3. The van der Waals surface area contributed by atoms with E-state index in [0.29, 0.717) is 19.3 Å². The minimum Gasteiger partial charge on any atom is -0.480 e. The van der Waals surface area contributed by atoms with Gasteiger partial charge in [0.05, 0.1) is 13.2 Å². The summed E-state index contributed by atoms with van der Waals surface area (Å²) in [6, 6.07) is -1.54. The highest BCUT2D eigenvalue weighted by atomic mass is 31.2. The van der Waals surface area contributed by atoms with Crippen LogP contribution in [0.25, 0.3) is 0 Å². The molecular formula is C43H70NO10P. The van der Waals surface area contributed by atoms with Gasteiger partial charge in [0, 0.05) is 12.8 Å². The number of aliphatic carboxylic acids is 1. The van der Waals surface area contributed by atoms with Crippen molar-refractivity contribution in [2.75, 3.05) is 19.8 Å². The van der Waals surface area contributed by atoms with Gasteiger partial charge in [-0.05, 0) is 77.0 Å². The zero-order valence-corrected chi connectivity index (χ0v) is 34.4. The Kier molecular flexibility index (Phi) is 35.3. The van der Waals surface area contributed by atoms with Crippen molar-refractivity contribution in [2.24, 2.45) is 5.73 Å². The number of allylic oxidation sites excluding steroid dienone is 14. The Morgan fingerprint density at radius 3 is 1.60 bits per heavy atom. The zero-order chi connectivity index (χ0) is 40.7. The molecule has 11 nitrogen and oxygen atoms in total. The van der Waals surface area contributed by atoms with Crippen LogP contribution >= 0.6 is 7.82 Å². The number of hydrogen-bond donors (Lipinski definition) is 3. The van der Waals surface area contributed by atoms with Crippen molar-refractivity contribution >= 4 is 25.7 Å². The van der Waals surface area contributed by atoms with Crippen molar-refractivity contribution in [2.45, 2.75) is 148 Å². The molecule has 1 unspecified atom stereocenters. The van der Waals surface area contributed by atoms with Crippen LogP contribution in [-0.2, 0) is 37.5 Å². The summed E-state index contributed by atoms with van der Waals surface area (Å²) in [5, 5.41) is 8.87. The van der Waals surface area contributed by atoms with Gasteiger partial charge in [-0.1, -0.05) is 131 Å². The third kappa shape index (κ3) is 37.4. The average Bonchev–Trinajstić information content (AvgIpc) is 3.16. The standard InChI is InChI=1S/C43H70NO10P/c1-3-5-7-9-11-13-15-17-18-19-20-21-22-23-25-27-29-31-33-35-42(46)54-39(37-52-55(49,50)53-38-40(44)43(47)48)36-51-41(45)34-32-30-28-26-24-16-14-12-10-8-6-4-2/h5,7,11-14,17-18,20-21,23,25,29,31,39-40H,3-4,6,8-10,15-16,19,22,24,26-28,30,32-38,44H2,1-2H3,(H,47,48)(H,49,50)/b7-5+,13-11+,14-12+,18-17+,21-20+,25-23+,31-29+/t39-,40-/m0/s1. The largest absolute Gasteiger partial charge is 0.480 e. The van der Waals surface area contributed by atoms with Crippen molar-refractivity contribution in [3.63, 3.8) is 0 Å². The number of unbranched alkanes of at least 4 members (excludes halogenated alkanes) is 8. The van der Waals surface area contributed by atoms with Crippen LogP contribution in [0.1, 0.15) is 136 Å². The molecule has 0 aromatic heterocycles. The van der Waals surface area contributed by atoms with Gasteiger partial charge in [0.2, 0.25) is 0 Å². The maximum Gasteiger partial charge on any atom is 0.472 e. The number of nitrogens with two attached hydrogens (primary N) is 1. The molecule has 0 amide bonds. The number of phosphoric acid groups is 1. The number of phosphoric ester groups is 1. The SMILES string of the molecule is CC/C=C/C/C=C/C/C=C/C/C=C/C/C=C/C/C=C/CCC(=O)O[C@@H](COC(=O)CCCCCCC/C=C/CCCCC)COP(=O)(O)OC[C@H](N)C(=O)O. The molecule has 0 bridgehead atoms. The van der Waals surface area contributed by atoms with Crippen LogP contribution in [0.4, 0.5) is 0 Å². The lowest BCUT2D eigenvalue weighted by Crippen LogP contribution is -2.34.